The minimum absolute atomic E-state index is 0.0788. The van der Waals surface area contributed by atoms with Crippen LogP contribution >= 0.6 is 0 Å². The molecule has 1 heterocycles. The van der Waals surface area contributed by atoms with E-state index in [1.165, 1.54) is 12.8 Å². The second-order valence-corrected chi connectivity index (χ2v) is 8.71. The Kier molecular flexibility index (Phi) is 7.80. The number of hydrogen-bond acceptors (Lipinski definition) is 4. The summed E-state index contributed by atoms with van der Waals surface area (Å²) in [5, 5.41) is 2.10. The van der Waals surface area contributed by atoms with Crippen LogP contribution in [0.25, 0.3) is 0 Å². The quantitative estimate of drug-likeness (QED) is 0.671. The van der Waals surface area contributed by atoms with Gasteiger partial charge in [-0.1, -0.05) is 20.8 Å². The Morgan fingerprint density at radius 2 is 1.50 bits per heavy atom. The maximum absolute atomic E-state index is 5.80. The van der Waals surface area contributed by atoms with Gasteiger partial charge in [-0.2, -0.15) is 5.06 Å². The van der Waals surface area contributed by atoms with Crippen LogP contribution in [-0.2, 0) is 9.57 Å². The molecule has 1 aliphatic heterocycles. The summed E-state index contributed by atoms with van der Waals surface area (Å²) in [6.07, 6.45) is 2.57. The molecule has 1 saturated heterocycles. The number of piperazine rings is 1. The van der Waals surface area contributed by atoms with Crippen molar-refractivity contribution in [3.05, 3.63) is 0 Å². The van der Waals surface area contributed by atoms with Gasteiger partial charge < -0.3 is 4.74 Å². The molecule has 4 heteroatoms. The molecule has 132 valence electrons. The number of ether oxygens (including phenoxy) is 1. The zero-order chi connectivity index (χ0) is 16.8. The molecule has 1 rings (SSSR count). The average Bonchev–Trinajstić information content (AvgIpc) is 2.40. The van der Waals surface area contributed by atoms with Crippen molar-refractivity contribution < 1.29 is 9.57 Å². The van der Waals surface area contributed by atoms with Crippen molar-refractivity contribution >= 4 is 0 Å². The Morgan fingerprint density at radius 1 is 0.909 bits per heavy atom. The van der Waals surface area contributed by atoms with Crippen molar-refractivity contribution in [1.82, 2.24) is 9.96 Å². The molecule has 0 bridgehead atoms. The highest BCUT2D eigenvalue weighted by molar-refractivity contribution is 4.75. The molecule has 0 aromatic heterocycles. The van der Waals surface area contributed by atoms with Crippen LogP contribution in [-0.4, -0.2) is 61.0 Å². The van der Waals surface area contributed by atoms with E-state index in [-0.39, 0.29) is 5.60 Å². The molecule has 0 amide bonds. The Labute approximate surface area is 138 Å². The van der Waals surface area contributed by atoms with E-state index in [0.29, 0.717) is 24.7 Å². The van der Waals surface area contributed by atoms with Crippen molar-refractivity contribution in [3.63, 3.8) is 0 Å². The largest absolute Gasteiger partial charge is 0.373 e. The second kappa shape index (κ2) is 8.62. The third kappa shape index (κ3) is 9.09. The molecule has 1 fully saturated rings. The van der Waals surface area contributed by atoms with Crippen LogP contribution < -0.4 is 0 Å². The van der Waals surface area contributed by atoms with Crippen LogP contribution in [0, 0.1) is 5.41 Å². The minimum Gasteiger partial charge on any atom is -0.373 e. The first kappa shape index (κ1) is 19.9. The molecular formula is C18H38N2O2. The van der Waals surface area contributed by atoms with Crippen molar-refractivity contribution in [2.75, 3.05) is 39.4 Å². The van der Waals surface area contributed by atoms with Crippen molar-refractivity contribution in [2.45, 2.75) is 73.0 Å². The highest BCUT2D eigenvalue weighted by Gasteiger charge is 2.23. The summed E-state index contributed by atoms with van der Waals surface area (Å²) in [6.45, 7) is 21.1. The molecule has 0 aliphatic carbocycles. The van der Waals surface area contributed by atoms with E-state index in [9.17, 15) is 0 Å². The van der Waals surface area contributed by atoms with Crippen LogP contribution in [0.5, 0.6) is 0 Å². The summed E-state index contributed by atoms with van der Waals surface area (Å²) in [7, 11) is 0. The lowest BCUT2D eigenvalue weighted by molar-refractivity contribution is -0.193. The predicted molar refractivity (Wildman–Crippen MR) is 93.0 cm³/mol. The molecule has 22 heavy (non-hydrogen) atoms. The predicted octanol–water partition coefficient (Wildman–Crippen LogP) is 3.57. The first-order valence-corrected chi connectivity index (χ1v) is 8.83. The maximum Gasteiger partial charge on any atom is 0.0919 e. The summed E-state index contributed by atoms with van der Waals surface area (Å²) in [6, 6.07) is 0.672. The number of hydroxylamine groups is 2. The van der Waals surface area contributed by atoms with E-state index in [2.05, 4.69) is 58.4 Å². The van der Waals surface area contributed by atoms with Crippen LogP contribution in [0.3, 0.4) is 0 Å². The molecule has 0 aromatic rings. The smallest absolute Gasteiger partial charge is 0.0919 e. The zero-order valence-corrected chi connectivity index (χ0v) is 15.9. The molecule has 0 radical (unpaired) electrons. The Morgan fingerprint density at radius 3 is 2.00 bits per heavy atom. The van der Waals surface area contributed by atoms with Crippen molar-refractivity contribution in [1.29, 1.82) is 0 Å². The first-order valence-electron chi connectivity index (χ1n) is 8.83. The lowest BCUT2D eigenvalue weighted by Gasteiger charge is -2.38. The van der Waals surface area contributed by atoms with Gasteiger partial charge in [0.15, 0.2) is 0 Å². The van der Waals surface area contributed by atoms with Gasteiger partial charge in [-0.05, 0) is 46.0 Å². The average molecular weight is 315 g/mol. The zero-order valence-electron chi connectivity index (χ0n) is 15.9. The monoisotopic (exact) mass is 314 g/mol. The van der Waals surface area contributed by atoms with E-state index in [1.807, 2.05) is 0 Å². The van der Waals surface area contributed by atoms with Gasteiger partial charge >= 0.3 is 0 Å². The van der Waals surface area contributed by atoms with E-state index >= 15 is 0 Å². The Balaban J connectivity index is 2.15. The molecule has 4 nitrogen and oxygen atoms in total. The fraction of sp³-hybridized carbons (Fsp3) is 1.00. The van der Waals surface area contributed by atoms with Gasteiger partial charge in [0.05, 0.1) is 18.8 Å². The van der Waals surface area contributed by atoms with E-state index in [0.717, 1.165) is 26.2 Å². The molecule has 0 N–H and O–H groups in total. The van der Waals surface area contributed by atoms with Crippen molar-refractivity contribution in [3.8, 4) is 0 Å². The van der Waals surface area contributed by atoms with Gasteiger partial charge in [-0.25, -0.2) is 0 Å². The molecule has 1 aliphatic rings. The summed E-state index contributed by atoms with van der Waals surface area (Å²) < 4.78 is 5.68. The molecule has 0 saturated carbocycles. The maximum atomic E-state index is 5.80. The lowest BCUT2D eigenvalue weighted by atomic mass is 9.88. The lowest BCUT2D eigenvalue weighted by Crippen LogP contribution is -2.49. The van der Waals surface area contributed by atoms with Gasteiger partial charge in [0.2, 0.25) is 0 Å². The van der Waals surface area contributed by atoms with E-state index < -0.39 is 0 Å². The number of nitrogens with zero attached hydrogens (tertiary/aromatic N) is 2. The topological polar surface area (TPSA) is 24.9 Å². The summed E-state index contributed by atoms with van der Waals surface area (Å²) in [5.41, 5.74) is 0.358. The summed E-state index contributed by atoms with van der Waals surface area (Å²) in [4.78, 5) is 8.40. The summed E-state index contributed by atoms with van der Waals surface area (Å²) >= 11 is 0. The number of hydrogen-bond donors (Lipinski definition) is 0. The first-order chi connectivity index (χ1) is 10.1. The Bertz CT molecular complexity index is 299. The Hall–Kier alpha value is -0.160. The SMILES string of the molecule is CC(CCC(C)(C)C)N1CCN(OCCOC(C)(C)C)CC1. The van der Waals surface area contributed by atoms with Crippen LogP contribution in [0.4, 0.5) is 0 Å². The molecule has 1 atom stereocenters. The fourth-order valence-electron chi connectivity index (χ4n) is 2.61. The van der Waals surface area contributed by atoms with E-state index in [1.54, 1.807) is 0 Å². The van der Waals surface area contributed by atoms with Gasteiger partial charge in [0.1, 0.15) is 0 Å². The molecule has 1 unspecified atom stereocenters. The van der Waals surface area contributed by atoms with Gasteiger partial charge in [0, 0.05) is 32.2 Å². The van der Waals surface area contributed by atoms with Crippen molar-refractivity contribution in [2.24, 2.45) is 5.41 Å². The second-order valence-electron chi connectivity index (χ2n) is 8.71. The van der Waals surface area contributed by atoms with Crippen LogP contribution in [0.1, 0.15) is 61.3 Å². The summed E-state index contributed by atoms with van der Waals surface area (Å²) in [5.74, 6) is 0. The highest BCUT2D eigenvalue weighted by atomic mass is 16.7. The normalized spacial score (nSPS) is 20.3. The van der Waals surface area contributed by atoms with Gasteiger partial charge in [0.25, 0.3) is 0 Å². The third-order valence-electron chi connectivity index (χ3n) is 4.10. The highest BCUT2D eigenvalue weighted by Crippen LogP contribution is 2.23. The standard InChI is InChI=1S/C18H38N2O2/c1-16(8-9-17(2,3)4)19-10-12-20(13-11-19)22-15-14-21-18(5,6)7/h16H,8-15H2,1-7H3. The van der Waals surface area contributed by atoms with Crippen LogP contribution in [0.2, 0.25) is 0 Å². The third-order valence-corrected chi connectivity index (χ3v) is 4.10. The van der Waals surface area contributed by atoms with E-state index in [4.69, 9.17) is 9.57 Å². The molecular weight excluding hydrogens is 276 g/mol. The molecule has 0 spiro atoms. The fourth-order valence-corrected chi connectivity index (χ4v) is 2.61. The van der Waals surface area contributed by atoms with Gasteiger partial charge in [-0.3, -0.25) is 9.74 Å². The van der Waals surface area contributed by atoms with Crippen LogP contribution in [0.15, 0.2) is 0 Å². The number of rotatable bonds is 7. The van der Waals surface area contributed by atoms with Gasteiger partial charge in [-0.15, -0.1) is 0 Å². The minimum atomic E-state index is -0.0788. The molecule has 0 aromatic carbocycles.